The number of likely N-dealkylation sites (tertiary alicyclic amines) is 1. The molecule has 5 heteroatoms. The monoisotopic (exact) mass is 265 g/mol. The van der Waals surface area contributed by atoms with Crippen LogP contribution in [-0.2, 0) is 4.79 Å². The molecule has 1 aliphatic rings. The second-order valence-corrected chi connectivity index (χ2v) is 5.53. The molecule has 1 amide bonds. The summed E-state index contributed by atoms with van der Waals surface area (Å²) in [6, 6.07) is 1.73. The Morgan fingerprint density at radius 2 is 2.16 bits per heavy atom. The molecule has 1 N–H and O–H groups in total. The number of carbonyl (C=O) groups excluding carboxylic acids is 1. The largest absolute Gasteiger partial charge is 0.481 e. The molecular formula is C14H19NO4. The number of amides is 1. The molecule has 19 heavy (non-hydrogen) atoms. The molecule has 104 valence electrons. The van der Waals surface area contributed by atoms with Crippen LogP contribution >= 0.6 is 0 Å². The highest BCUT2D eigenvalue weighted by Crippen LogP contribution is 2.38. The minimum Gasteiger partial charge on any atom is -0.481 e. The predicted molar refractivity (Wildman–Crippen MR) is 68.9 cm³/mol. The molecule has 1 aromatic heterocycles. The van der Waals surface area contributed by atoms with Crippen LogP contribution in [0.25, 0.3) is 0 Å². The third kappa shape index (κ3) is 2.13. The molecule has 1 saturated heterocycles. The number of hydrogen-bond acceptors (Lipinski definition) is 3. The van der Waals surface area contributed by atoms with Gasteiger partial charge in [-0.1, -0.05) is 13.8 Å². The van der Waals surface area contributed by atoms with E-state index in [2.05, 4.69) is 0 Å². The van der Waals surface area contributed by atoms with E-state index in [1.807, 2.05) is 13.8 Å². The van der Waals surface area contributed by atoms with Crippen molar-refractivity contribution in [2.75, 3.05) is 13.1 Å². The van der Waals surface area contributed by atoms with Gasteiger partial charge < -0.3 is 14.4 Å². The van der Waals surface area contributed by atoms with Crippen molar-refractivity contribution in [1.82, 2.24) is 4.90 Å². The molecular weight excluding hydrogens is 246 g/mol. The van der Waals surface area contributed by atoms with Gasteiger partial charge in [-0.3, -0.25) is 9.59 Å². The van der Waals surface area contributed by atoms with Crippen LogP contribution in [0.3, 0.4) is 0 Å². The summed E-state index contributed by atoms with van der Waals surface area (Å²) in [5, 5.41) is 9.46. The maximum absolute atomic E-state index is 12.3. The zero-order valence-corrected chi connectivity index (χ0v) is 11.5. The Bertz CT molecular complexity index is 505. The van der Waals surface area contributed by atoms with E-state index in [4.69, 9.17) is 4.42 Å². The number of nitrogens with zero attached hydrogens (tertiary/aromatic N) is 1. The Labute approximate surface area is 112 Å². The number of furan rings is 1. The summed E-state index contributed by atoms with van der Waals surface area (Å²) in [5.74, 6) is -0.745. The Morgan fingerprint density at radius 1 is 1.47 bits per heavy atom. The Balaban J connectivity index is 2.20. The Hall–Kier alpha value is -1.78. The third-order valence-corrected chi connectivity index (χ3v) is 4.18. The number of aliphatic carboxylic acids is 1. The number of carboxylic acids is 1. The topological polar surface area (TPSA) is 70.8 Å². The van der Waals surface area contributed by atoms with E-state index in [1.165, 1.54) is 6.26 Å². The normalized spacial score (nSPS) is 23.1. The second-order valence-electron chi connectivity index (χ2n) is 5.53. The summed E-state index contributed by atoms with van der Waals surface area (Å²) in [6.45, 7) is 6.29. The summed E-state index contributed by atoms with van der Waals surface area (Å²) >= 11 is 0. The van der Waals surface area contributed by atoms with Gasteiger partial charge in [-0.2, -0.15) is 0 Å². The van der Waals surface area contributed by atoms with E-state index >= 15 is 0 Å². The van der Waals surface area contributed by atoms with Crippen LogP contribution in [-0.4, -0.2) is 35.0 Å². The SMILES string of the molecule is Cc1ccoc1C(=O)N1CCC(C(=O)O)(C(C)C)C1. The summed E-state index contributed by atoms with van der Waals surface area (Å²) in [6.07, 6.45) is 1.97. The number of aryl methyl sites for hydroxylation is 1. The second kappa shape index (κ2) is 4.72. The first-order chi connectivity index (χ1) is 8.88. The fourth-order valence-corrected chi connectivity index (χ4v) is 2.63. The van der Waals surface area contributed by atoms with Crippen molar-refractivity contribution < 1.29 is 19.1 Å². The first-order valence-corrected chi connectivity index (χ1v) is 6.45. The minimum absolute atomic E-state index is 0.0134. The van der Waals surface area contributed by atoms with Gasteiger partial charge in [0, 0.05) is 18.7 Å². The molecule has 0 aromatic carbocycles. The lowest BCUT2D eigenvalue weighted by Crippen LogP contribution is -2.40. The Kier molecular flexibility index (Phi) is 3.39. The van der Waals surface area contributed by atoms with Crippen molar-refractivity contribution in [3.05, 3.63) is 23.7 Å². The van der Waals surface area contributed by atoms with Gasteiger partial charge in [0.25, 0.3) is 5.91 Å². The highest BCUT2D eigenvalue weighted by atomic mass is 16.4. The van der Waals surface area contributed by atoms with Gasteiger partial charge in [-0.05, 0) is 25.3 Å². The van der Waals surface area contributed by atoms with E-state index in [0.717, 1.165) is 5.56 Å². The molecule has 2 heterocycles. The number of hydrogen-bond donors (Lipinski definition) is 1. The zero-order chi connectivity index (χ0) is 14.2. The van der Waals surface area contributed by atoms with Crippen LogP contribution in [0.2, 0.25) is 0 Å². The van der Waals surface area contributed by atoms with Crippen LogP contribution in [0, 0.1) is 18.3 Å². The Morgan fingerprint density at radius 3 is 2.58 bits per heavy atom. The van der Waals surface area contributed by atoms with Gasteiger partial charge in [-0.15, -0.1) is 0 Å². The molecule has 0 spiro atoms. The van der Waals surface area contributed by atoms with Crippen molar-refractivity contribution in [2.45, 2.75) is 27.2 Å². The quantitative estimate of drug-likeness (QED) is 0.909. The average Bonchev–Trinajstić information content (AvgIpc) is 2.94. The van der Waals surface area contributed by atoms with Crippen LogP contribution in [0.1, 0.15) is 36.4 Å². The molecule has 5 nitrogen and oxygen atoms in total. The molecule has 1 atom stereocenters. The van der Waals surface area contributed by atoms with Crippen LogP contribution in [0.15, 0.2) is 16.7 Å². The summed E-state index contributed by atoms with van der Waals surface area (Å²) in [7, 11) is 0. The van der Waals surface area contributed by atoms with E-state index in [-0.39, 0.29) is 18.4 Å². The summed E-state index contributed by atoms with van der Waals surface area (Å²) < 4.78 is 5.19. The molecule has 2 rings (SSSR count). The van der Waals surface area contributed by atoms with E-state index in [0.29, 0.717) is 18.7 Å². The summed E-state index contributed by atoms with van der Waals surface area (Å²) in [5.41, 5.74) is -0.0572. The minimum atomic E-state index is -0.837. The molecule has 1 aliphatic heterocycles. The van der Waals surface area contributed by atoms with Gasteiger partial charge >= 0.3 is 5.97 Å². The smallest absolute Gasteiger partial charge is 0.311 e. The van der Waals surface area contributed by atoms with Crippen molar-refractivity contribution in [3.63, 3.8) is 0 Å². The lowest BCUT2D eigenvalue weighted by Gasteiger charge is -2.28. The summed E-state index contributed by atoms with van der Waals surface area (Å²) in [4.78, 5) is 25.4. The van der Waals surface area contributed by atoms with Crippen LogP contribution in [0.4, 0.5) is 0 Å². The van der Waals surface area contributed by atoms with Crippen LogP contribution < -0.4 is 0 Å². The van der Waals surface area contributed by atoms with Crippen LogP contribution in [0.5, 0.6) is 0 Å². The lowest BCUT2D eigenvalue weighted by molar-refractivity contribution is -0.150. The molecule has 0 bridgehead atoms. The number of carbonyl (C=O) groups is 2. The maximum atomic E-state index is 12.3. The van der Waals surface area contributed by atoms with Gasteiger partial charge in [0.05, 0.1) is 11.7 Å². The third-order valence-electron chi connectivity index (χ3n) is 4.18. The molecule has 1 fully saturated rings. The van der Waals surface area contributed by atoms with Gasteiger partial charge in [0.2, 0.25) is 0 Å². The van der Waals surface area contributed by atoms with Crippen molar-refractivity contribution in [1.29, 1.82) is 0 Å². The van der Waals surface area contributed by atoms with E-state index in [9.17, 15) is 14.7 Å². The molecule has 0 saturated carbocycles. The van der Waals surface area contributed by atoms with Gasteiger partial charge in [-0.25, -0.2) is 0 Å². The molecule has 0 radical (unpaired) electrons. The lowest BCUT2D eigenvalue weighted by atomic mass is 9.76. The average molecular weight is 265 g/mol. The standard InChI is InChI=1S/C14H19NO4/c1-9(2)14(13(17)18)5-6-15(8-14)12(16)11-10(3)4-7-19-11/h4,7,9H,5-6,8H2,1-3H3,(H,17,18). The van der Waals surface area contributed by atoms with Crippen molar-refractivity contribution in [2.24, 2.45) is 11.3 Å². The predicted octanol–water partition coefficient (Wildman–Crippen LogP) is 2.16. The van der Waals surface area contributed by atoms with Gasteiger partial charge in [0.1, 0.15) is 0 Å². The van der Waals surface area contributed by atoms with Crippen molar-refractivity contribution >= 4 is 11.9 Å². The maximum Gasteiger partial charge on any atom is 0.311 e. The van der Waals surface area contributed by atoms with Crippen molar-refractivity contribution in [3.8, 4) is 0 Å². The zero-order valence-electron chi connectivity index (χ0n) is 11.5. The van der Waals surface area contributed by atoms with Gasteiger partial charge in [0.15, 0.2) is 5.76 Å². The first kappa shape index (κ1) is 13.6. The fourth-order valence-electron chi connectivity index (χ4n) is 2.63. The molecule has 0 aliphatic carbocycles. The highest BCUT2D eigenvalue weighted by Gasteiger charge is 2.48. The molecule has 1 unspecified atom stereocenters. The number of rotatable bonds is 3. The first-order valence-electron chi connectivity index (χ1n) is 6.45. The van der Waals surface area contributed by atoms with E-state index < -0.39 is 11.4 Å². The molecule has 1 aromatic rings. The highest BCUT2D eigenvalue weighted by molar-refractivity contribution is 5.93. The van der Waals surface area contributed by atoms with E-state index in [1.54, 1.807) is 17.9 Å². The number of carboxylic acid groups (broad SMARTS) is 1. The fraction of sp³-hybridized carbons (Fsp3) is 0.571.